The van der Waals surface area contributed by atoms with E-state index in [1.807, 2.05) is 28.8 Å². The van der Waals surface area contributed by atoms with Gasteiger partial charge in [0.2, 0.25) is 0 Å². The number of nitrogens with zero attached hydrogens (tertiary/aromatic N) is 1. The van der Waals surface area contributed by atoms with Crippen LogP contribution in [0.1, 0.15) is 35.8 Å². The molecule has 2 aromatic rings. The van der Waals surface area contributed by atoms with Gasteiger partial charge in [-0.05, 0) is 31.4 Å². The first-order valence-electron chi connectivity index (χ1n) is 5.60. The molecule has 0 atom stereocenters. The molecule has 1 aliphatic carbocycles. The molecule has 1 aromatic heterocycles. The van der Waals surface area contributed by atoms with Crippen molar-refractivity contribution in [1.29, 1.82) is 0 Å². The smallest absolute Gasteiger partial charge is 0.352 e. The Balaban J connectivity index is 2.26. The molecule has 3 heteroatoms. The fraction of sp³-hybridized carbons (Fsp3) is 0.308. The molecule has 0 saturated heterocycles. The lowest BCUT2D eigenvalue weighted by Crippen LogP contribution is -2.20. The quantitative estimate of drug-likeness (QED) is 0.836. The van der Waals surface area contributed by atoms with Crippen LogP contribution in [0, 0.1) is 0 Å². The Kier molecular flexibility index (Phi) is 1.99. The monoisotopic (exact) mass is 215 g/mol. The van der Waals surface area contributed by atoms with Gasteiger partial charge in [0.05, 0.1) is 0 Å². The van der Waals surface area contributed by atoms with Crippen LogP contribution in [0.15, 0.2) is 30.3 Å². The lowest BCUT2D eigenvalue weighted by Gasteiger charge is -2.29. The van der Waals surface area contributed by atoms with Gasteiger partial charge < -0.3 is 9.67 Å². The SMILES string of the molecule is O=C(O)c1cc2ccccc2n1C1CCC1. The predicted molar refractivity (Wildman–Crippen MR) is 61.8 cm³/mol. The number of aromatic carboxylic acids is 1. The van der Waals surface area contributed by atoms with Crippen molar-refractivity contribution in [3.05, 3.63) is 36.0 Å². The molecule has 0 spiro atoms. The largest absolute Gasteiger partial charge is 0.477 e. The van der Waals surface area contributed by atoms with E-state index in [1.54, 1.807) is 6.07 Å². The highest BCUT2D eigenvalue weighted by molar-refractivity contribution is 5.94. The molecule has 1 aliphatic rings. The molecule has 1 aromatic carbocycles. The van der Waals surface area contributed by atoms with Crippen molar-refractivity contribution in [3.63, 3.8) is 0 Å². The van der Waals surface area contributed by atoms with Crippen LogP contribution in [-0.4, -0.2) is 15.6 Å². The van der Waals surface area contributed by atoms with Crippen LogP contribution >= 0.6 is 0 Å². The number of hydrogen-bond acceptors (Lipinski definition) is 1. The maximum Gasteiger partial charge on any atom is 0.352 e. The molecular weight excluding hydrogens is 202 g/mol. The molecule has 3 rings (SSSR count). The van der Waals surface area contributed by atoms with Crippen molar-refractivity contribution in [2.75, 3.05) is 0 Å². The fourth-order valence-corrected chi connectivity index (χ4v) is 2.38. The average molecular weight is 215 g/mol. The van der Waals surface area contributed by atoms with Crippen LogP contribution in [0.25, 0.3) is 10.9 Å². The molecule has 3 nitrogen and oxygen atoms in total. The maximum atomic E-state index is 11.2. The number of para-hydroxylation sites is 1. The second-order valence-corrected chi connectivity index (χ2v) is 4.35. The average Bonchev–Trinajstić information content (AvgIpc) is 2.56. The van der Waals surface area contributed by atoms with Gasteiger partial charge in [-0.2, -0.15) is 0 Å². The van der Waals surface area contributed by atoms with Crippen LogP contribution < -0.4 is 0 Å². The summed E-state index contributed by atoms with van der Waals surface area (Å²) in [6.45, 7) is 0. The summed E-state index contributed by atoms with van der Waals surface area (Å²) in [5.74, 6) is -0.830. The number of aromatic nitrogens is 1. The molecule has 0 bridgehead atoms. The van der Waals surface area contributed by atoms with Gasteiger partial charge in [0.25, 0.3) is 0 Å². The molecule has 1 fully saturated rings. The van der Waals surface area contributed by atoms with E-state index in [9.17, 15) is 9.90 Å². The van der Waals surface area contributed by atoms with Crippen molar-refractivity contribution in [3.8, 4) is 0 Å². The number of carboxylic acid groups (broad SMARTS) is 1. The summed E-state index contributed by atoms with van der Waals surface area (Å²) in [4.78, 5) is 11.2. The fourth-order valence-electron chi connectivity index (χ4n) is 2.38. The standard InChI is InChI=1S/C13H13NO2/c15-13(16)12-8-9-4-1-2-7-11(9)14(12)10-5-3-6-10/h1-2,4,7-8,10H,3,5-6H2,(H,15,16). The third-order valence-corrected chi connectivity index (χ3v) is 3.41. The van der Waals surface area contributed by atoms with E-state index < -0.39 is 5.97 Å². The number of rotatable bonds is 2. The topological polar surface area (TPSA) is 42.2 Å². The van der Waals surface area contributed by atoms with Crippen molar-refractivity contribution < 1.29 is 9.90 Å². The van der Waals surface area contributed by atoms with Gasteiger partial charge in [0, 0.05) is 16.9 Å². The predicted octanol–water partition coefficient (Wildman–Crippen LogP) is 3.06. The summed E-state index contributed by atoms with van der Waals surface area (Å²) in [6, 6.07) is 10.0. The molecule has 16 heavy (non-hydrogen) atoms. The normalized spacial score (nSPS) is 16.2. The number of fused-ring (bicyclic) bond motifs is 1. The van der Waals surface area contributed by atoms with Gasteiger partial charge in [-0.15, -0.1) is 0 Å². The van der Waals surface area contributed by atoms with E-state index in [0.29, 0.717) is 11.7 Å². The second-order valence-electron chi connectivity index (χ2n) is 4.35. The molecule has 82 valence electrons. The third kappa shape index (κ3) is 1.24. The third-order valence-electron chi connectivity index (χ3n) is 3.41. The molecule has 0 amide bonds. The van der Waals surface area contributed by atoms with E-state index >= 15 is 0 Å². The Morgan fingerprint density at radius 3 is 2.69 bits per heavy atom. The van der Waals surface area contributed by atoms with Gasteiger partial charge in [0.1, 0.15) is 5.69 Å². The van der Waals surface area contributed by atoms with Crippen LogP contribution in [-0.2, 0) is 0 Å². The minimum absolute atomic E-state index is 0.381. The molecular formula is C13H13NO2. The van der Waals surface area contributed by atoms with Gasteiger partial charge in [-0.3, -0.25) is 0 Å². The minimum atomic E-state index is -0.830. The highest BCUT2D eigenvalue weighted by Gasteiger charge is 2.25. The highest BCUT2D eigenvalue weighted by atomic mass is 16.4. The summed E-state index contributed by atoms with van der Waals surface area (Å²) in [5, 5.41) is 10.2. The Morgan fingerprint density at radius 2 is 2.06 bits per heavy atom. The van der Waals surface area contributed by atoms with E-state index in [1.165, 1.54) is 6.42 Å². The first-order chi connectivity index (χ1) is 7.77. The zero-order chi connectivity index (χ0) is 11.1. The molecule has 0 aliphatic heterocycles. The van der Waals surface area contributed by atoms with Crippen LogP contribution in [0.5, 0.6) is 0 Å². The van der Waals surface area contributed by atoms with E-state index in [-0.39, 0.29) is 0 Å². The summed E-state index contributed by atoms with van der Waals surface area (Å²) < 4.78 is 1.99. The summed E-state index contributed by atoms with van der Waals surface area (Å²) in [6.07, 6.45) is 3.40. The van der Waals surface area contributed by atoms with Crippen molar-refractivity contribution in [2.24, 2.45) is 0 Å². The molecule has 1 saturated carbocycles. The van der Waals surface area contributed by atoms with Crippen LogP contribution in [0.4, 0.5) is 0 Å². The number of hydrogen-bond donors (Lipinski definition) is 1. The first kappa shape index (κ1) is 9.46. The van der Waals surface area contributed by atoms with Gasteiger partial charge in [-0.25, -0.2) is 4.79 Å². The second kappa shape index (κ2) is 3.37. The van der Waals surface area contributed by atoms with Crippen molar-refractivity contribution in [1.82, 2.24) is 4.57 Å². The number of carbonyl (C=O) groups is 1. The van der Waals surface area contributed by atoms with Crippen LogP contribution in [0.2, 0.25) is 0 Å². The number of benzene rings is 1. The molecule has 1 N–H and O–H groups in total. The van der Waals surface area contributed by atoms with E-state index in [0.717, 1.165) is 23.7 Å². The Hall–Kier alpha value is -1.77. The highest BCUT2D eigenvalue weighted by Crippen LogP contribution is 2.36. The molecule has 0 radical (unpaired) electrons. The van der Waals surface area contributed by atoms with Crippen LogP contribution in [0.3, 0.4) is 0 Å². The summed E-state index contributed by atoms with van der Waals surface area (Å²) >= 11 is 0. The van der Waals surface area contributed by atoms with Gasteiger partial charge >= 0.3 is 5.97 Å². The summed E-state index contributed by atoms with van der Waals surface area (Å²) in [5.41, 5.74) is 1.47. The lowest BCUT2D eigenvalue weighted by atomic mass is 9.92. The number of carboxylic acids is 1. The molecule has 1 heterocycles. The Labute approximate surface area is 93.3 Å². The zero-order valence-corrected chi connectivity index (χ0v) is 8.89. The molecule has 0 unspecified atom stereocenters. The maximum absolute atomic E-state index is 11.2. The minimum Gasteiger partial charge on any atom is -0.477 e. The van der Waals surface area contributed by atoms with Gasteiger partial charge in [0.15, 0.2) is 0 Å². The van der Waals surface area contributed by atoms with E-state index in [4.69, 9.17) is 0 Å². The summed E-state index contributed by atoms with van der Waals surface area (Å²) in [7, 11) is 0. The zero-order valence-electron chi connectivity index (χ0n) is 8.89. The Morgan fingerprint density at radius 1 is 1.31 bits per heavy atom. The van der Waals surface area contributed by atoms with Gasteiger partial charge in [-0.1, -0.05) is 18.2 Å². The van der Waals surface area contributed by atoms with Crippen molar-refractivity contribution >= 4 is 16.9 Å². The van der Waals surface area contributed by atoms with Crippen molar-refractivity contribution in [2.45, 2.75) is 25.3 Å². The Bertz CT molecular complexity index is 552. The van der Waals surface area contributed by atoms with E-state index in [2.05, 4.69) is 0 Å². The first-order valence-corrected chi connectivity index (χ1v) is 5.60. The lowest BCUT2D eigenvalue weighted by molar-refractivity contribution is 0.0679.